The Balaban J connectivity index is 2.35. The van der Waals surface area contributed by atoms with Crippen molar-refractivity contribution in [2.75, 3.05) is 7.05 Å². The molecule has 0 fully saturated rings. The van der Waals surface area contributed by atoms with E-state index < -0.39 is 10.0 Å². The molecule has 2 rings (SSSR count). The largest absolute Gasteiger partial charge is 0.361 e. The van der Waals surface area contributed by atoms with Crippen molar-refractivity contribution in [1.82, 2.24) is 14.4 Å². The lowest BCUT2D eigenvalue weighted by Gasteiger charge is -2.16. The van der Waals surface area contributed by atoms with E-state index in [1.165, 1.54) is 11.4 Å². The number of nitrogens with one attached hydrogen (secondary N) is 1. The summed E-state index contributed by atoms with van der Waals surface area (Å²) in [7, 11) is -2.24. The van der Waals surface area contributed by atoms with Crippen LogP contribution < -0.4 is 4.87 Å². The molecular formula is C11H15N3O4S2. The minimum absolute atomic E-state index is 0.0387. The molecule has 2 aromatic rings. The van der Waals surface area contributed by atoms with Crippen LogP contribution in [0.4, 0.5) is 0 Å². The first-order chi connectivity index (χ1) is 9.23. The maximum Gasteiger partial charge on any atom is 0.305 e. The van der Waals surface area contributed by atoms with Crippen molar-refractivity contribution in [1.29, 1.82) is 0 Å². The Bertz CT molecular complexity index is 765. The third-order valence-corrected chi connectivity index (χ3v) is 6.37. The average molecular weight is 317 g/mol. The van der Waals surface area contributed by atoms with E-state index in [0.29, 0.717) is 28.5 Å². The number of H-pyrrole nitrogens is 1. The van der Waals surface area contributed by atoms with Gasteiger partial charge >= 0.3 is 4.87 Å². The van der Waals surface area contributed by atoms with Crippen LogP contribution in [-0.2, 0) is 16.6 Å². The summed E-state index contributed by atoms with van der Waals surface area (Å²) >= 11 is 0.691. The van der Waals surface area contributed by atoms with Gasteiger partial charge in [-0.2, -0.15) is 4.31 Å². The molecule has 2 aromatic heterocycles. The van der Waals surface area contributed by atoms with Crippen LogP contribution in [-0.4, -0.2) is 29.9 Å². The number of sulfonamides is 1. The molecule has 0 aromatic carbocycles. The molecule has 1 N–H and O–H groups in total. The first-order valence-corrected chi connectivity index (χ1v) is 8.07. The minimum atomic E-state index is -3.71. The summed E-state index contributed by atoms with van der Waals surface area (Å²) in [6.07, 6.45) is 0. The molecule has 9 heteroatoms. The number of thiazole rings is 1. The number of aryl methyl sites for hydroxylation is 3. The van der Waals surface area contributed by atoms with Crippen LogP contribution in [0.5, 0.6) is 0 Å². The van der Waals surface area contributed by atoms with Gasteiger partial charge in [0, 0.05) is 24.8 Å². The van der Waals surface area contributed by atoms with Gasteiger partial charge in [-0.05, 0) is 20.8 Å². The third-order valence-electron chi connectivity index (χ3n) is 2.99. The second-order valence-electron chi connectivity index (χ2n) is 4.49. The predicted molar refractivity (Wildman–Crippen MR) is 74.3 cm³/mol. The Hall–Kier alpha value is -1.45. The maximum atomic E-state index is 12.4. The van der Waals surface area contributed by atoms with Gasteiger partial charge < -0.3 is 9.51 Å². The molecule has 0 bridgehead atoms. The average Bonchev–Trinajstić information content (AvgIpc) is 2.85. The lowest BCUT2D eigenvalue weighted by atomic mass is 10.2. The van der Waals surface area contributed by atoms with Gasteiger partial charge in [0.2, 0.25) is 0 Å². The van der Waals surface area contributed by atoms with Crippen LogP contribution in [0.15, 0.2) is 13.5 Å². The highest BCUT2D eigenvalue weighted by molar-refractivity contribution is 7.91. The Labute approximate surface area is 120 Å². The molecule has 0 aliphatic heterocycles. The van der Waals surface area contributed by atoms with Gasteiger partial charge in [0.1, 0.15) is 5.76 Å². The minimum Gasteiger partial charge on any atom is -0.361 e. The van der Waals surface area contributed by atoms with Gasteiger partial charge in [-0.3, -0.25) is 4.79 Å². The number of nitrogens with zero attached hydrogens (tertiary/aromatic N) is 2. The van der Waals surface area contributed by atoms with Crippen molar-refractivity contribution in [3.05, 3.63) is 32.4 Å². The van der Waals surface area contributed by atoms with Gasteiger partial charge in [0.15, 0.2) is 4.21 Å². The van der Waals surface area contributed by atoms with Gasteiger partial charge in [-0.25, -0.2) is 8.42 Å². The smallest absolute Gasteiger partial charge is 0.305 e. The van der Waals surface area contributed by atoms with E-state index in [1.54, 1.807) is 20.8 Å². The number of hydrogen-bond donors (Lipinski definition) is 1. The third kappa shape index (κ3) is 2.56. The highest BCUT2D eigenvalue weighted by Gasteiger charge is 2.27. The maximum absolute atomic E-state index is 12.4. The monoisotopic (exact) mass is 317 g/mol. The van der Waals surface area contributed by atoms with E-state index in [2.05, 4.69) is 10.1 Å². The lowest BCUT2D eigenvalue weighted by molar-refractivity contribution is 0.390. The van der Waals surface area contributed by atoms with Gasteiger partial charge in [0.05, 0.1) is 5.69 Å². The molecular weight excluding hydrogens is 302 g/mol. The van der Waals surface area contributed by atoms with Crippen LogP contribution in [0.2, 0.25) is 0 Å². The molecule has 0 aliphatic carbocycles. The highest BCUT2D eigenvalue weighted by Crippen LogP contribution is 2.23. The van der Waals surface area contributed by atoms with E-state index in [1.807, 2.05) is 0 Å². The SMILES string of the molecule is Cc1noc(C)c1CN(C)S(=O)(=O)c1sc(=O)[nH]c1C. The fraction of sp³-hybridized carbons (Fsp3) is 0.455. The summed E-state index contributed by atoms with van der Waals surface area (Å²) in [5, 5.41) is 3.80. The van der Waals surface area contributed by atoms with E-state index in [4.69, 9.17) is 4.52 Å². The lowest BCUT2D eigenvalue weighted by Crippen LogP contribution is -2.26. The topological polar surface area (TPSA) is 96.3 Å². The van der Waals surface area contributed by atoms with Crippen molar-refractivity contribution in [3.8, 4) is 0 Å². The second kappa shape index (κ2) is 5.15. The molecule has 0 radical (unpaired) electrons. The summed E-state index contributed by atoms with van der Waals surface area (Å²) in [4.78, 5) is 13.4. The first kappa shape index (κ1) is 14.9. The van der Waals surface area contributed by atoms with Crippen LogP contribution in [0, 0.1) is 20.8 Å². The molecule has 0 atom stereocenters. The van der Waals surface area contributed by atoms with Crippen molar-refractivity contribution < 1.29 is 12.9 Å². The van der Waals surface area contributed by atoms with Crippen molar-refractivity contribution >= 4 is 21.4 Å². The molecule has 0 saturated heterocycles. The predicted octanol–water partition coefficient (Wildman–Crippen LogP) is 1.17. The van der Waals surface area contributed by atoms with Gasteiger partial charge in [-0.15, -0.1) is 0 Å². The number of hydrogen-bond acceptors (Lipinski definition) is 6. The Morgan fingerprint density at radius 2 is 2.00 bits per heavy atom. The summed E-state index contributed by atoms with van der Waals surface area (Å²) in [5.41, 5.74) is 1.74. The molecule has 0 unspecified atom stereocenters. The zero-order valence-corrected chi connectivity index (χ0v) is 13.2. The second-order valence-corrected chi connectivity index (χ2v) is 7.71. The van der Waals surface area contributed by atoms with Crippen LogP contribution >= 0.6 is 11.3 Å². The molecule has 0 saturated carbocycles. The Morgan fingerprint density at radius 1 is 1.35 bits per heavy atom. The molecule has 2 heterocycles. The van der Waals surface area contributed by atoms with E-state index in [-0.39, 0.29) is 15.6 Å². The van der Waals surface area contributed by atoms with Gasteiger partial charge in [0.25, 0.3) is 10.0 Å². The zero-order chi connectivity index (χ0) is 15.1. The quantitative estimate of drug-likeness (QED) is 0.913. The molecule has 0 amide bonds. The van der Waals surface area contributed by atoms with E-state index >= 15 is 0 Å². The van der Waals surface area contributed by atoms with Crippen molar-refractivity contribution in [2.24, 2.45) is 0 Å². The van der Waals surface area contributed by atoms with Crippen LogP contribution in [0.1, 0.15) is 22.7 Å². The zero-order valence-electron chi connectivity index (χ0n) is 11.6. The Morgan fingerprint density at radius 3 is 2.45 bits per heavy atom. The standard InChI is InChI=1S/C11H15N3O4S2/c1-6-9(8(3)18-13-6)5-14(4)20(16,17)10-7(2)12-11(15)19-10/h5H2,1-4H3,(H,12,15). The number of aromatic nitrogens is 2. The normalized spacial score (nSPS) is 12.2. The summed E-state index contributed by atoms with van der Waals surface area (Å²) in [5.74, 6) is 0.587. The molecule has 20 heavy (non-hydrogen) atoms. The fourth-order valence-electron chi connectivity index (χ4n) is 1.81. The molecule has 110 valence electrons. The number of rotatable bonds is 4. The number of aromatic amines is 1. The summed E-state index contributed by atoms with van der Waals surface area (Å²) in [6.45, 7) is 5.20. The Kier molecular flexibility index (Phi) is 3.85. The molecule has 7 nitrogen and oxygen atoms in total. The fourth-order valence-corrected chi connectivity index (χ4v) is 4.44. The summed E-state index contributed by atoms with van der Waals surface area (Å²) in [6, 6.07) is 0. The van der Waals surface area contributed by atoms with Gasteiger partial charge in [-0.1, -0.05) is 16.5 Å². The molecule has 0 spiro atoms. The van der Waals surface area contributed by atoms with Crippen LogP contribution in [0.3, 0.4) is 0 Å². The van der Waals surface area contributed by atoms with E-state index in [0.717, 1.165) is 5.56 Å². The molecule has 0 aliphatic rings. The summed E-state index contributed by atoms with van der Waals surface area (Å²) < 4.78 is 31.1. The van der Waals surface area contributed by atoms with E-state index in [9.17, 15) is 13.2 Å². The highest BCUT2D eigenvalue weighted by atomic mass is 32.2. The van der Waals surface area contributed by atoms with Crippen molar-refractivity contribution in [3.63, 3.8) is 0 Å². The van der Waals surface area contributed by atoms with Crippen molar-refractivity contribution in [2.45, 2.75) is 31.5 Å². The van der Waals surface area contributed by atoms with Crippen LogP contribution in [0.25, 0.3) is 0 Å². The first-order valence-electron chi connectivity index (χ1n) is 5.81.